The minimum Gasteiger partial charge on any atom is -0.379 e. The Morgan fingerprint density at radius 2 is 2.11 bits per heavy atom. The van der Waals surface area contributed by atoms with Crippen LogP contribution in [0.5, 0.6) is 0 Å². The highest BCUT2D eigenvalue weighted by molar-refractivity contribution is 9.10. The van der Waals surface area contributed by atoms with Crippen molar-refractivity contribution < 1.29 is 9.53 Å². The molecule has 3 nitrogen and oxygen atoms in total. The first-order valence-electron chi connectivity index (χ1n) is 6.66. The number of aryl methyl sites for hydroxylation is 1. The van der Waals surface area contributed by atoms with E-state index >= 15 is 0 Å². The van der Waals surface area contributed by atoms with Crippen LogP contribution >= 0.6 is 15.9 Å². The Hall–Kier alpha value is -0.870. The minimum absolute atomic E-state index is 0.0106. The number of hydrogen-bond donors (Lipinski definition) is 1. The zero-order valence-corrected chi connectivity index (χ0v) is 13.4. The normalized spacial score (nSPS) is 10.8. The van der Waals surface area contributed by atoms with Gasteiger partial charge >= 0.3 is 0 Å². The molecule has 0 fully saturated rings. The number of carbonyl (C=O) groups is 1. The van der Waals surface area contributed by atoms with Crippen molar-refractivity contribution in [1.82, 2.24) is 5.32 Å². The lowest BCUT2D eigenvalue weighted by Crippen LogP contribution is -2.25. The van der Waals surface area contributed by atoms with Crippen LogP contribution in [-0.2, 0) is 4.74 Å². The number of amides is 1. The van der Waals surface area contributed by atoms with Crippen LogP contribution in [0, 0.1) is 6.92 Å². The van der Waals surface area contributed by atoms with E-state index in [0.29, 0.717) is 6.54 Å². The van der Waals surface area contributed by atoms with Gasteiger partial charge in [0.1, 0.15) is 0 Å². The molecule has 0 radical (unpaired) electrons. The SMILES string of the molecule is Cc1ccc(Br)cc1C(=O)NCCCCOC(C)C. The summed E-state index contributed by atoms with van der Waals surface area (Å²) in [5.74, 6) is -0.0106. The van der Waals surface area contributed by atoms with E-state index in [-0.39, 0.29) is 12.0 Å². The number of hydrogen-bond acceptors (Lipinski definition) is 2. The van der Waals surface area contributed by atoms with E-state index in [4.69, 9.17) is 4.74 Å². The van der Waals surface area contributed by atoms with E-state index < -0.39 is 0 Å². The molecule has 0 unspecified atom stereocenters. The molecule has 1 N–H and O–H groups in total. The van der Waals surface area contributed by atoms with Crippen molar-refractivity contribution in [1.29, 1.82) is 0 Å². The van der Waals surface area contributed by atoms with Gasteiger partial charge in [-0.1, -0.05) is 22.0 Å². The van der Waals surface area contributed by atoms with Crippen molar-refractivity contribution in [3.63, 3.8) is 0 Å². The van der Waals surface area contributed by atoms with E-state index in [1.54, 1.807) is 0 Å². The summed E-state index contributed by atoms with van der Waals surface area (Å²) in [4.78, 5) is 12.0. The molecule has 0 saturated heterocycles. The number of halogens is 1. The number of rotatable bonds is 7. The van der Waals surface area contributed by atoms with Crippen LogP contribution in [0.3, 0.4) is 0 Å². The molecule has 0 spiro atoms. The third-order valence-electron chi connectivity index (χ3n) is 2.75. The first kappa shape index (κ1) is 16.2. The lowest BCUT2D eigenvalue weighted by Gasteiger charge is -2.09. The molecule has 0 bridgehead atoms. The van der Waals surface area contributed by atoms with E-state index in [1.807, 2.05) is 39.0 Å². The molecule has 4 heteroatoms. The van der Waals surface area contributed by atoms with Crippen molar-refractivity contribution in [2.45, 2.75) is 39.7 Å². The summed E-state index contributed by atoms with van der Waals surface area (Å²) in [6.07, 6.45) is 2.18. The fraction of sp³-hybridized carbons (Fsp3) is 0.533. The molecule has 0 heterocycles. The van der Waals surface area contributed by atoms with Gasteiger partial charge in [-0.3, -0.25) is 4.79 Å². The average Bonchev–Trinajstić information content (AvgIpc) is 2.36. The van der Waals surface area contributed by atoms with Crippen LogP contribution in [0.1, 0.15) is 42.6 Å². The Kier molecular flexibility index (Phi) is 7.10. The topological polar surface area (TPSA) is 38.3 Å². The van der Waals surface area contributed by atoms with E-state index in [0.717, 1.165) is 35.0 Å². The summed E-state index contributed by atoms with van der Waals surface area (Å²) >= 11 is 3.38. The lowest BCUT2D eigenvalue weighted by atomic mass is 10.1. The fourth-order valence-corrected chi connectivity index (χ4v) is 2.04. The smallest absolute Gasteiger partial charge is 0.251 e. The fourth-order valence-electron chi connectivity index (χ4n) is 1.68. The Morgan fingerprint density at radius 3 is 2.79 bits per heavy atom. The summed E-state index contributed by atoms with van der Waals surface area (Å²) < 4.78 is 6.37. The van der Waals surface area contributed by atoms with Crippen molar-refractivity contribution in [2.24, 2.45) is 0 Å². The van der Waals surface area contributed by atoms with Gasteiger partial charge in [-0.05, 0) is 51.3 Å². The molecule has 1 amide bonds. The first-order chi connectivity index (χ1) is 9.00. The van der Waals surface area contributed by atoms with Crippen molar-refractivity contribution in [3.05, 3.63) is 33.8 Å². The van der Waals surface area contributed by atoms with Crippen LogP contribution in [0.2, 0.25) is 0 Å². The third kappa shape index (κ3) is 6.21. The van der Waals surface area contributed by atoms with Crippen molar-refractivity contribution >= 4 is 21.8 Å². The lowest BCUT2D eigenvalue weighted by molar-refractivity contribution is 0.0754. The molecule has 0 aliphatic carbocycles. The van der Waals surface area contributed by atoms with Crippen molar-refractivity contribution in [2.75, 3.05) is 13.2 Å². The molecular weight excluding hydrogens is 306 g/mol. The maximum atomic E-state index is 12.0. The van der Waals surface area contributed by atoms with Gasteiger partial charge in [-0.2, -0.15) is 0 Å². The number of benzene rings is 1. The molecule has 0 aliphatic heterocycles. The molecule has 106 valence electrons. The van der Waals surface area contributed by atoms with Gasteiger partial charge in [0.2, 0.25) is 0 Å². The van der Waals surface area contributed by atoms with E-state index in [2.05, 4.69) is 21.2 Å². The number of ether oxygens (including phenoxy) is 1. The van der Waals surface area contributed by atoms with Crippen LogP contribution in [0.25, 0.3) is 0 Å². The zero-order chi connectivity index (χ0) is 14.3. The molecule has 0 atom stereocenters. The Bertz CT molecular complexity index is 419. The maximum Gasteiger partial charge on any atom is 0.251 e. The van der Waals surface area contributed by atoms with Gasteiger partial charge in [-0.25, -0.2) is 0 Å². The van der Waals surface area contributed by atoms with Gasteiger partial charge in [-0.15, -0.1) is 0 Å². The standard InChI is InChI=1S/C15H22BrNO2/c1-11(2)19-9-5-4-8-17-15(18)14-10-13(16)7-6-12(14)3/h6-7,10-11H,4-5,8-9H2,1-3H3,(H,17,18). The maximum absolute atomic E-state index is 12.0. The molecule has 0 saturated carbocycles. The molecule has 0 aromatic heterocycles. The average molecular weight is 328 g/mol. The van der Waals surface area contributed by atoms with Crippen LogP contribution in [0.15, 0.2) is 22.7 Å². The van der Waals surface area contributed by atoms with Crippen molar-refractivity contribution in [3.8, 4) is 0 Å². The molecule has 1 aromatic carbocycles. The summed E-state index contributed by atoms with van der Waals surface area (Å²) in [6, 6.07) is 5.73. The summed E-state index contributed by atoms with van der Waals surface area (Å²) in [5.41, 5.74) is 1.72. The molecular formula is C15H22BrNO2. The van der Waals surface area contributed by atoms with Gasteiger partial charge in [0.05, 0.1) is 6.10 Å². The third-order valence-corrected chi connectivity index (χ3v) is 3.25. The minimum atomic E-state index is -0.0106. The number of carbonyl (C=O) groups excluding carboxylic acids is 1. The van der Waals surface area contributed by atoms with Crippen LogP contribution < -0.4 is 5.32 Å². The zero-order valence-electron chi connectivity index (χ0n) is 11.8. The van der Waals surface area contributed by atoms with Gasteiger partial charge in [0.25, 0.3) is 5.91 Å². The highest BCUT2D eigenvalue weighted by Gasteiger charge is 2.08. The Labute approximate surface area is 123 Å². The summed E-state index contributed by atoms with van der Waals surface area (Å²) in [7, 11) is 0. The molecule has 1 aromatic rings. The van der Waals surface area contributed by atoms with Crippen LogP contribution in [-0.4, -0.2) is 25.2 Å². The predicted molar refractivity (Wildman–Crippen MR) is 81.5 cm³/mol. The predicted octanol–water partition coefficient (Wildman–Crippen LogP) is 3.69. The van der Waals surface area contributed by atoms with E-state index in [1.165, 1.54) is 0 Å². The van der Waals surface area contributed by atoms with Gasteiger partial charge in [0, 0.05) is 23.2 Å². The largest absolute Gasteiger partial charge is 0.379 e. The number of nitrogens with one attached hydrogen (secondary N) is 1. The Morgan fingerprint density at radius 1 is 1.37 bits per heavy atom. The van der Waals surface area contributed by atoms with Crippen LogP contribution in [0.4, 0.5) is 0 Å². The second-order valence-corrected chi connectivity index (χ2v) is 5.76. The van der Waals surface area contributed by atoms with Gasteiger partial charge in [0.15, 0.2) is 0 Å². The molecule has 1 rings (SSSR count). The summed E-state index contributed by atoms with van der Waals surface area (Å²) in [5, 5.41) is 2.94. The van der Waals surface area contributed by atoms with Gasteiger partial charge < -0.3 is 10.1 Å². The second kappa shape index (κ2) is 8.33. The Balaban J connectivity index is 2.29. The number of unbranched alkanes of at least 4 members (excludes halogenated alkanes) is 1. The quantitative estimate of drug-likeness (QED) is 0.775. The van der Waals surface area contributed by atoms with E-state index in [9.17, 15) is 4.79 Å². The molecule has 19 heavy (non-hydrogen) atoms. The first-order valence-corrected chi connectivity index (χ1v) is 7.46. The summed E-state index contributed by atoms with van der Waals surface area (Å²) in [6.45, 7) is 7.43. The molecule has 0 aliphatic rings. The highest BCUT2D eigenvalue weighted by atomic mass is 79.9. The highest BCUT2D eigenvalue weighted by Crippen LogP contribution is 2.15. The monoisotopic (exact) mass is 327 g/mol. The second-order valence-electron chi connectivity index (χ2n) is 4.84.